The Morgan fingerprint density at radius 2 is 2.14 bits per heavy atom. The fraction of sp³-hybridized carbons (Fsp3) is 0.250. The molecule has 0 aliphatic carbocycles. The third kappa shape index (κ3) is 3.94. The second-order valence-corrected chi connectivity index (χ2v) is 4.52. The average molecular weight is 319 g/mol. The Morgan fingerprint density at radius 1 is 1.38 bits per heavy atom. The molecule has 0 atom stereocenters. The summed E-state index contributed by atoms with van der Waals surface area (Å²) in [4.78, 5) is 11.9. The molecule has 21 heavy (non-hydrogen) atoms. The van der Waals surface area contributed by atoms with Gasteiger partial charge in [0.05, 0.1) is 28.9 Å². The molecule has 0 unspecified atom stereocenters. The van der Waals surface area contributed by atoms with Crippen molar-refractivity contribution in [1.29, 1.82) is 0 Å². The van der Waals surface area contributed by atoms with E-state index >= 15 is 0 Å². The molecule has 0 radical (unpaired) electrons. The number of carbonyl (C=O) groups is 1. The highest BCUT2D eigenvalue weighted by molar-refractivity contribution is 6.33. The van der Waals surface area contributed by atoms with E-state index in [0.29, 0.717) is 6.54 Å². The highest BCUT2D eigenvalue weighted by atomic mass is 35.5. The molecule has 0 aliphatic heterocycles. The lowest BCUT2D eigenvalue weighted by Crippen LogP contribution is -2.28. The van der Waals surface area contributed by atoms with E-state index in [0.717, 1.165) is 18.2 Å². The summed E-state index contributed by atoms with van der Waals surface area (Å²) in [6.45, 7) is 0.539. The summed E-state index contributed by atoms with van der Waals surface area (Å²) >= 11 is 5.76. The van der Waals surface area contributed by atoms with Gasteiger partial charge < -0.3 is 5.32 Å². The Balaban J connectivity index is 2.04. The Bertz CT molecular complexity index is 628. The van der Waals surface area contributed by atoms with Crippen molar-refractivity contribution in [3.63, 3.8) is 0 Å². The Kier molecular flexibility index (Phi) is 4.46. The second-order valence-electron chi connectivity index (χ2n) is 4.11. The summed E-state index contributed by atoms with van der Waals surface area (Å²) in [5.41, 5.74) is -1.14. The minimum atomic E-state index is -4.53. The van der Waals surface area contributed by atoms with Crippen LogP contribution >= 0.6 is 11.6 Å². The van der Waals surface area contributed by atoms with Crippen molar-refractivity contribution in [1.82, 2.24) is 20.3 Å². The zero-order valence-electron chi connectivity index (χ0n) is 10.6. The number of rotatable bonds is 4. The minimum absolute atomic E-state index is 0.0405. The van der Waals surface area contributed by atoms with E-state index in [9.17, 15) is 18.0 Å². The van der Waals surface area contributed by atoms with Gasteiger partial charge in [0.2, 0.25) is 0 Å². The highest BCUT2D eigenvalue weighted by Gasteiger charge is 2.31. The molecule has 0 saturated carbocycles. The van der Waals surface area contributed by atoms with Gasteiger partial charge in [-0.1, -0.05) is 16.8 Å². The predicted molar refractivity (Wildman–Crippen MR) is 68.8 cm³/mol. The molecule has 1 heterocycles. The molecule has 0 aliphatic rings. The zero-order chi connectivity index (χ0) is 15.5. The summed E-state index contributed by atoms with van der Waals surface area (Å²) in [5, 5.41) is 9.71. The first kappa shape index (κ1) is 15.3. The van der Waals surface area contributed by atoms with Crippen molar-refractivity contribution in [2.24, 2.45) is 0 Å². The number of hydrogen-bond acceptors (Lipinski definition) is 3. The molecule has 9 heteroatoms. The second kappa shape index (κ2) is 6.13. The summed E-state index contributed by atoms with van der Waals surface area (Å²) in [6, 6.07) is 2.61. The zero-order valence-corrected chi connectivity index (χ0v) is 11.3. The van der Waals surface area contributed by atoms with E-state index in [2.05, 4.69) is 15.6 Å². The van der Waals surface area contributed by atoms with E-state index in [1.807, 2.05) is 0 Å². The molecule has 1 aromatic carbocycles. The van der Waals surface area contributed by atoms with Crippen LogP contribution in [0.3, 0.4) is 0 Å². The lowest BCUT2D eigenvalue weighted by atomic mass is 10.1. The number of aromatic nitrogens is 3. The van der Waals surface area contributed by atoms with E-state index < -0.39 is 17.6 Å². The number of halogens is 4. The Hall–Kier alpha value is -2.09. The van der Waals surface area contributed by atoms with Gasteiger partial charge in [-0.05, 0) is 18.2 Å². The van der Waals surface area contributed by atoms with Crippen LogP contribution in [-0.2, 0) is 12.7 Å². The first-order valence-electron chi connectivity index (χ1n) is 5.87. The highest BCUT2D eigenvalue weighted by Crippen LogP contribution is 2.31. The van der Waals surface area contributed by atoms with Crippen molar-refractivity contribution >= 4 is 17.5 Å². The molecule has 5 nitrogen and oxygen atoms in total. The number of nitrogens with one attached hydrogen (secondary N) is 1. The number of nitrogens with zero attached hydrogens (tertiary/aromatic N) is 3. The maximum absolute atomic E-state index is 12.6. The number of carbonyl (C=O) groups excluding carboxylic acids is 1. The van der Waals surface area contributed by atoms with Crippen LogP contribution in [-0.4, -0.2) is 27.4 Å². The summed E-state index contributed by atoms with van der Waals surface area (Å²) in [7, 11) is 0. The Labute approximate surface area is 122 Å². The van der Waals surface area contributed by atoms with Gasteiger partial charge in [0.15, 0.2) is 0 Å². The van der Waals surface area contributed by atoms with Gasteiger partial charge in [0, 0.05) is 12.7 Å². The summed E-state index contributed by atoms with van der Waals surface area (Å²) < 4.78 is 39.3. The van der Waals surface area contributed by atoms with Gasteiger partial charge in [0.25, 0.3) is 5.91 Å². The number of hydrogen-bond donors (Lipinski definition) is 1. The van der Waals surface area contributed by atoms with Gasteiger partial charge >= 0.3 is 6.18 Å². The third-order valence-corrected chi connectivity index (χ3v) is 2.97. The van der Waals surface area contributed by atoms with Crippen LogP contribution in [0.4, 0.5) is 13.2 Å². The molecule has 0 saturated heterocycles. The fourth-order valence-electron chi connectivity index (χ4n) is 1.61. The normalized spacial score (nSPS) is 11.4. The molecular formula is C12H10ClF3N4O. The molecular weight excluding hydrogens is 309 g/mol. The van der Waals surface area contributed by atoms with Gasteiger partial charge in [-0.2, -0.15) is 13.2 Å². The van der Waals surface area contributed by atoms with Crippen molar-refractivity contribution in [3.8, 4) is 0 Å². The average Bonchev–Trinajstić information content (AvgIpc) is 2.91. The lowest BCUT2D eigenvalue weighted by Gasteiger charge is -2.10. The SMILES string of the molecule is O=C(NCCn1ccnn1)c1cc(C(F)(F)F)ccc1Cl. The molecule has 2 rings (SSSR count). The van der Waals surface area contributed by atoms with E-state index in [-0.39, 0.29) is 17.1 Å². The van der Waals surface area contributed by atoms with Crippen molar-refractivity contribution in [2.45, 2.75) is 12.7 Å². The lowest BCUT2D eigenvalue weighted by molar-refractivity contribution is -0.137. The first-order chi connectivity index (χ1) is 9.88. The fourth-order valence-corrected chi connectivity index (χ4v) is 1.81. The van der Waals surface area contributed by atoms with Gasteiger partial charge in [-0.25, -0.2) is 0 Å². The van der Waals surface area contributed by atoms with E-state index in [4.69, 9.17) is 11.6 Å². The van der Waals surface area contributed by atoms with Crippen LogP contribution in [0.15, 0.2) is 30.6 Å². The van der Waals surface area contributed by atoms with Crippen LogP contribution in [0.1, 0.15) is 15.9 Å². The molecule has 2 aromatic rings. The van der Waals surface area contributed by atoms with Crippen LogP contribution < -0.4 is 5.32 Å². The minimum Gasteiger partial charge on any atom is -0.350 e. The quantitative estimate of drug-likeness (QED) is 0.941. The van der Waals surface area contributed by atoms with Crippen molar-refractivity contribution in [2.75, 3.05) is 6.54 Å². The largest absolute Gasteiger partial charge is 0.416 e. The first-order valence-corrected chi connectivity index (χ1v) is 6.25. The predicted octanol–water partition coefficient (Wildman–Crippen LogP) is 2.38. The molecule has 0 bridgehead atoms. The van der Waals surface area contributed by atoms with Crippen molar-refractivity contribution in [3.05, 3.63) is 46.7 Å². The van der Waals surface area contributed by atoms with Gasteiger partial charge in [-0.3, -0.25) is 9.48 Å². The number of benzene rings is 1. The van der Waals surface area contributed by atoms with Gasteiger partial charge in [0.1, 0.15) is 0 Å². The molecule has 0 fully saturated rings. The third-order valence-electron chi connectivity index (χ3n) is 2.64. The smallest absolute Gasteiger partial charge is 0.350 e. The van der Waals surface area contributed by atoms with Crippen LogP contribution in [0.2, 0.25) is 5.02 Å². The molecule has 1 N–H and O–H groups in total. The molecule has 1 amide bonds. The monoisotopic (exact) mass is 318 g/mol. The van der Waals surface area contributed by atoms with Crippen LogP contribution in [0, 0.1) is 0 Å². The van der Waals surface area contributed by atoms with Crippen LogP contribution in [0.5, 0.6) is 0 Å². The molecule has 0 spiro atoms. The standard InChI is InChI=1S/C12H10ClF3N4O/c13-10-2-1-8(12(14,15)16)7-9(10)11(21)17-3-5-20-6-4-18-19-20/h1-2,4,6-7H,3,5H2,(H,17,21). The summed E-state index contributed by atoms with van der Waals surface area (Å²) in [6.07, 6.45) is -1.45. The topological polar surface area (TPSA) is 59.8 Å². The summed E-state index contributed by atoms with van der Waals surface area (Å²) in [5.74, 6) is -0.675. The molecule has 1 aromatic heterocycles. The maximum Gasteiger partial charge on any atom is 0.416 e. The van der Waals surface area contributed by atoms with E-state index in [1.165, 1.54) is 10.9 Å². The van der Waals surface area contributed by atoms with Crippen LogP contribution in [0.25, 0.3) is 0 Å². The van der Waals surface area contributed by atoms with Crippen molar-refractivity contribution < 1.29 is 18.0 Å². The maximum atomic E-state index is 12.6. The van der Waals surface area contributed by atoms with Gasteiger partial charge in [-0.15, -0.1) is 5.10 Å². The Morgan fingerprint density at radius 3 is 2.76 bits per heavy atom. The molecule has 112 valence electrons. The van der Waals surface area contributed by atoms with E-state index in [1.54, 1.807) is 6.20 Å². The number of amides is 1. The number of alkyl halides is 3.